The Kier molecular flexibility index (Phi) is 7.15. The number of carbonyl (C=O) groups excluding carboxylic acids is 1. The molecule has 0 aliphatic carbocycles. The number of halogens is 4. The van der Waals surface area contributed by atoms with Crippen LogP contribution >= 0.6 is 11.6 Å². The molecule has 0 heterocycles. The summed E-state index contributed by atoms with van der Waals surface area (Å²) in [7, 11) is 0. The summed E-state index contributed by atoms with van der Waals surface area (Å²) >= 11 is 5.84. The number of aryl methyl sites for hydroxylation is 1. The summed E-state index contributed by atoms with van der Waals surface area (Å²) in [6, 6.07) is 4.43. The van der Waals surface area contributed by atoms with Crippen LogP contribution in [0.3, 0.4) is 0 Å². The fourth-order valence-electron chi connectivity index (χ4n) is 1.74. The molecule has 1 aromatic carbocycles. The molecule has 1 rings (SSSR count). The van der Waals surface area contributed by atoms with Gasteiger partial charge in [-0.05, 0) is 44.5 Å². The van der Waals surface area contributed by atoms with Crippen LogP contribution in [-0.4, -0.2) is 37.4 Å². The van der Waals surface area contributed by atoms with Gasteiger partial charge in [0.25, 0.3) is 5.91 Å². The van der Waals surface area contributed by atoms with Crippen molar-refractivity contribution < 1.29 is 27.4 Å². The van der Waals surface area contributed by atoms with Crippen molar-refractivity contribution in [2.45, 2.75) is 39.1 Å². The first kappa shape index (κ1) is 19.6. The molecule has 1 amide bonds. The zero-order chi connectivity index (χ0) is 17.6. The Morgan fingerprint density at radius 2 is 2.00 bits per heavy atom. The molecule has 1 aromatic rings. The highest BCUT2D eigenvalue weighted by atomic mass is 35.5. The molecule has 2 unspecified atom stereocenters. The van der Waals surface area contributed by atoms with Gasteiger partial charge in [-0.25, -0.2) is 0 Å². The van der Waals surface area contributed by atoms with Crippen molar-refractivity contribution in [1.82, 2.24) is 5.32 Å². The van der Waals surface area contributed by atoms with Gasteiger partial charge in [0.1, 0.15) is 12.4 Å². The summed E-state index contributed by atoms with van der Waals surface area (Å²) < 4.78 is 45.9. The van der Waals surface area contributed by atoms with Crippen molar-refractivity contribution in [1.29, 1.82) is 0 Å². The van der Waals surface area contributed by atoms with E-state index in [2.05, 4.69) is 10.1 Å². The first-order valence-electron chi connectivity index (χ1n) is 6.96. The molecule has 130 valence electrons. The van der Waals surface area contributed by atoms with E-state index in [0.29, 0.717) is 10.8 Å². The van der Waals surface area contributed by atoms with Crippen molar-refractivity contribution in [3.05, 3.63) is 28.8 Å². The molecule has 0 aromatic heterocycles. The van der Waals surface area contributed by atoms with Crippen LogP contribution in [0.25, 0.3) is 0 Å². The molecule has 23 heavy (non-hydrogen) atoms. The second kappa shape index (κ2) is 8.40. The van der Waals surface area contributed by atoms with Crippen molar-refractivity contribution in [2.75, 3.05) is 13.2 Å². The molecule has 0 saturated carbocycles. The van der Waals surface area contributed by atoms with E-state index in [1.807, 2.05) is 0 Å². The van der Waals surface area contributed by atoms with Gasteiger partial charge in [-0.15, -0.1) is 0 Å². The van der Waals surface area contributed by atoms with Crippen LogP contribution in [-0.2, 0) is 9.53 Å². The fraction of sp³-hybridized carbons (Fsp3) is 0.533. The third kappa shape index (κ3) is 7.56. The minimum atomic E-state index is -4.38. The Hall–Kier alpha value is -1.47. The smallest absolute Gasteiger partial charge is 0.411 e. The molecule has 0 radical (unpaired) electrons. The predicted molar refractivity (Wildman–Crippen MR) is 80.8 cm³/mol. The van der Waals surface area contributed by atoms with Crippen molar-refractivity contribution >= 4 is 17.5 Å². The average Bonchev–Trinajstić information content (AvgIpc) is 2.40. The van der Waals surface area contributed by atoms with E-state index in [4.69, 9.17) is 16.3 Å². The lowest BCUT2D eigenvalue weighted by atomic mass is 10.2. The second-order valence-corrected chi connectivity index (χ2v) is 5.65. The maximum atomic E-state index is 12.0. The normalized spacial score (nSPS) is 14.2. The Bertz CT molecular complexity index is 537. The molecule has 4 nitrogen and oxygen atoms in total. The Balaban J connectivity index is 2.44. The average molecular weight is 354 g/mol. The number of ether oxygens (including phenoxy) is 2. The van der Waals surface area contributed by atoms with Crippen LogP contribution in [0.5, 0.6) is 5.75 Å². The lowest BCUT2D eigenvalue weighted by Crippen LogP contribution is -2.43. The lowest BCUT2D eigenvalue weighted by molar-refractivity contribution is -0.175. The highest BCUT2D eigenvalue weighted by Gasteiger charge is 2.28. The minimum absolute atomic E-state index is 0.238. The number of rotatable bonds is 7. The molecule has 0 aliphatic rings. The highest BCUT2D eigenvalue weighted by Crippen LogP contribution is 2.22. The number of hydrogen-bond acceptors (Lipinski definition) is 3. The van der Waals surface area contributed by atoms with Crippen LogP contribution < -0.4 is 10.1 Å². The topological polar surface area (TPSA) is 47.6 Å². The van der Waals surface area contributed by atoms with Gasteiger partial charge in [-0.3, -0.25) is 4.79 Å². The minimum Gasteiger partial charge on any atom is -0.481 e. The van der Waals surface area contributed by atoms with Crippen molar-refractivity contribution in [3.63, 3.8) is 0 Å². The molecule has 0 bridgehead atoms. The molecule has 0 aliphatic heterocycles. The van der Waals surface area contributed by atoms with Crippen molar-refractivity contribution in [2.24, 2.45) is 0 Å². The third-order valence-electron chi connectivity index (χ3n) is 2.83. The fourth-order valence-corrected chi connectivity index (χ4v) is 1.97. The molecule has 1 N–H and O–H groups in total. The zero-order valence-corrected chi connectivity index (χ0v) is 13.8. The van der Waals surface area contributed by atoms with Crippen LogP contribution in [0.4, 0.5) is 13.2 Å². The monoisotopic (exact) mass is 353 g/mol. The summed E-state index contributed by atoms with van der Waals surface area (Å²) in [4.78, 5) is 12.0. The van der Waals surface area contributed by atoms with Crippen LogP contribution in [0.15, 0.2) is 18.2 Å². The van der Waals surface area contributed by atoms with Crippen LogP contribution in [0, 0.1) is 6.92 Å². The summed E-state index contributed by atoms with van der Waals surface area (Å²) in [6.45, 7) is 3.31. The predicted octanol–water partition coefficient (Wildman–Crippen LogP) is 3.50. The van der Waals surface area contributed by atoms with Gasteiger partial charge in [0, 0.05) is 11.1 Å². The molecule has 8 heteroatoms. The Morgan fingerprint density at radius 3 is 2.57 bits per heavy atom. The summed E-state index contributed by atoms with van der Waals surface area (Å²) in [5.74, 6) is 0.0699. The van der Waals surface area contributed by atoms with Gasteiger partial charge in [-0.2, -0.15) is 13.2 Å². The number of hydrogen-bond donors (Lipinski definition) is 1. The van der Waals surface area contributed by atoms with Gasteiger partial charge in [0.15, 0.2) is 6.10 Å². The maximum Gasteiger partial charge on any atom is 0.411 e. The Morgan fingerprint density at radius 1 is 1.35 bits per heavy atom. The number of nitrogens with one attached hydrogen (secondary N) is 1. The maximum absolute atomic E-state index is 12.0. The SMILES string of the molecule is Cc1cc(Cl)ccc1OC(C)C(=O)NC(C)COCC(F)(F)F. The van der Waals surface area contributed by atoms with Gasteiger partial charge in [-0.1, -0.05) is 11.6 Å². The van der Waals surface area contributed by atoms with Gasteiger partial charge >= 0.3 is 6.18 Å². The molecule has 0 spiro atoms. The van der Waals surface area contributed by atoms with E-state index in [1.165, 1.54) is 0 Å². The zero-order valence-electron chi connectivity index (χ0n) is 13.0. The molecular formula is C15H19ClF3NO3. The number of benzene rings is 1. The number of alkyl halides is 3. The van der Waals surface area contributed by atoms with Gasteiger partial charge in [0.2, 0.25) is 0 Å². The van der Waals surface area contributed by atoms with Crippen molar-refractivity contribution in [3.8, 4) is 5.75 Å². The summed E-state index contributed by atoms with van der Waals surface area (Å²) in [5.41, 5.74) is 0.777. The van der Waals surface area contributed by atoms with E-state index >= 15 is 0 Å². The van der Waals surface area contributed by atoms with Crippen LogP contribution in [0.1, 0.15) is 19.4 Å². The number of carbonyl (C=O) groups is 1. The summed E-state index contributed by atoms with van der Waals surface area (Å²) in [5, 5.41) is 3.09. The molecule has 0 fully saturated rings. The standard InChI is InChI=1S/C15H19ClF3NO3/c1-9-6-12(16)4-5-13(9)23-11(3)14(21)20-10(2)7-22-8-15(17,18)19/h4-6,10-11H,7-8H2,1-3H3,(H,20,21). The first-order valence-corrected chi connectivity index (χ1v) is 7.34. The van der Waals surface area contributed by atoms with Gasteiger partial charge in [0.05, 0.1) is 6.61 Å². The van der Waals surface area contributed by atoms with E-state index in [0.717, 1.165) is 5.56 Å². The highest BCUT2D eigenvalue weighted by molar-refractivity contribution is 6.30. The lowest BCUT2D eigenvalue weighted by Gasteiger charge is -2.20. The van der Waals surface area contributed by atoms with E-state index in [9.17, 15) is 18.0 Å². The molecule has 2 atom stereocenters. The largest absolute Gasteiger partial charge is 0.481 e. The van der Waals surface area contributed by atoms with Gasteiger partial charge < -0.3 is 14.8 Å². The van der Waals surface area contributed by atoms with E-state index in [1.54, 1.807) is 39.0 Å². The number of amides is 1. The first-order chi connectivity index (χ1) is 10.6. The van der Waals surface area contributed by atoms with E-state index in [-0.39, 0.29) is 6.61 Å². The quantitative estimate of drug-likeness (QED) is 0.816. The third-order valence-corrected chi connectivity index (χ3v) is 3.07. The molecular weight excluding hydrogens is 335 g/mol. The summed E-state index contributed by atoms with van der Waals surface area (Å²) in [6.07, 6.45) is -5.19. The Labute approximate surface area is 137 Å². The molecule has 0 saturated heterocycles. The van der Waals surface area contributed by atoms with Crippen LogP contribution in [0.2, 0.25) is 5.02 Å². The second-order valence-electron chi connectivity index (χ2n) is 5.21. The van der Waals surface area contributed by atoms with E-state index < -0.39 is 30.8 Å².